The molecule has 0 aromatic heterocycles. The summed E-state index contributed by atoms with van der Waals surface area (Å²) in [6.45, 7) is 0. The standard InChI is InChI=1S/C16H14ClN3O5/c1-18-16(22)19-15(21)14(10-5-3-2-4-6-10)25-13-8-7-11(20(23)24)9-12(13)17/h2-9,14H,1H3,(H2,18,19,21,22)/t14-/m0/s1. The van der Waals surface area contributed by atoms with Gasteiger partial charge in [-0.1, -0.05) is 41.9 Å². The largest absolute Gasteiger partial charge is 0.474 e. The van der Waals surface area contributed by atoms with Crippen LogP contribution in [-0.4, -0.2) is 23.9 Å². The maximum Gasteiger partial charge on any atom is 0.321 e. The molecule has 25 heavy (non-hydrogen) atoms. The molecule has 9 heteroatoms. The highest BCUT2D eigenvalue weighted by Crippen LogP contribution is 2.32. The molecule has 0 spiro atoms. The number of amides is 3. The highest BCUT2D eigenvalue weighted by Gasteiger charge is 2.25. The maximum atomic E-state index is 12.4. The zero-order valence-electron chi connectivity index (χ0n) is 13.1. The Kier molecular flexibility index (Phi) is 5.91. The lowest BCUT2D eigenvalue weighted by Crippen LogP contribution is -2.41. The van der Waals surface area contributed by atoms with E-state index in [1.807, 2.05) is 0 Å². The molecule has 3 amide bonds. The smallest absolute Gasteiger partial charge is 0.321 e. The summed E-state index contributed by atoms with van der Waals surface area (Å²) in [6, 6.07) is 11.4. The SMILES string of the molecule is CNC(=O)NC(=O)[C@@H](Oc1ccc([N+](=O)[O-])cc1Cl)c1ccccc1. The first-order valence-electron chi connectivity index (χ1n) is 7.10. The molecular weight excluding hydrogens is 350 g/mol. The summed E-state index contributed by atoms with van der Waals surface area (Å²) >= 11 is 6.00. The van der Waals surface area contributed by atoms with Gasteiger partial charge in [-0.2, -0.15) is 0 Å². The van der Waals surface area contributed by atoms with E-state index in [0.717, 1.165) is 6.07 Å². The van der Waals surface area contributed by atoms with Crippen molar-refractivity contribution in [2.45, 2.75) is 6.10 Å². The fraction of sp³-hybridized carbons (Fsp3) is 0.125. The van der Waals surface area contributed by atoms with Crippen molar-refractivity contribution in [2.24, 2.45) is 0 Å². The van der Waals surface area contributed by atoms with Crippen molar-refractivity contribution >= 4 is 29.2 Å². The molecule has 2 rings (SSSR count). The highest BCUT2D eigenvalue weighted by atomic mass is 35.5. The van der Waals surface area contributed by atoms with Gasteiger partial charge in [0.25, 0.3) is 11.6 Å². The van der Waals surface area contributed by atoms with Crippen LogP contribution in [0.15, 0.2) is 48.5 Å². The number of nitrogens with zero attached hydrogens (tertiary/aromatic N) is 1. The lowest BCUT2D eigenvalue weighted by atomic mass is 10.1. The number of urea groups is 1. The van der Waals surface area contributed by atoms with E-state index in [4.69, 9.17) is 16.3 Å². The molecule has 0 aliphatic rings. The van der Waals surface area contributed by atoms with Gasteiger partial charge in [-0.25, -0.2) is 4.79 Å². The molecule has 0 fully saturated rings. The fourth-order valence-electron chi connectivity index (χ4n) is 1.97. The normalized spacial score (nSPS) is 11.3. The number of rotatable bonds is 5. The van der Waals surface area contributed by atoms with Crippen LogP contribution in [0.1, 0.15) is 11.7 Å². The Balaban J connectivity index is 2.32. The number of hydrogen-bond donors (Lipinski definition) is 2. The molecule has 0 saturated carbocycles. The molecule has 0 saturated heterocycles. The summed E-state index contributed by atoms with van der Waals surface area (Å²) in [7, 11) is 1.37. The second-order valence-corrected chi connectivity index (χ2v) is 5.26. The van der Waals surface area contributed by atoms with Gasteiger partial charge in [-0.3, -0.25) is 20.2 Å². The molecule has 1 atom stereocenters. The molecule has 2 aromatic carbocycles. The van der Waals surface area contributed by atoms with Gasteiger partial charge in [-0.05, 0) is 6.07 Å². The van der Waals surface area contributed by atoms with E-state index in [0.29, 0.717) is 5.56 Å². The number of carbonyl (C=O) groups is 2. The number of imide groups is 1. The fourth-order valence-corrected chi connectivity index (χ4v) is 2.19. The van der Waals surface area contributed by atoms with Gasteiger partial charge in [0.05, 0.1) is 9.95 Å². The second-order valence-electron chi connectivity index (χ2n) is 4.85. The van der Waals surface area contributed by atoms with Gasteiger partial charge in [-0.15, -0.1) is 0 Å². The Labute approximate surface area is 147 Å². The maximum absolute atomic E-state index is 12.4. The van der Waals surface area contributed by atoms with Gasteiger partial charge in [0.15, 0.2) is 0 Å². The Hall–Kier alpha value is -3.13. The Bertz CT molecular complexity index is 798. The third kappa shape index (κ3) is 4.67. The molecule has 0 radical (unpaired) electrons. The number of halogens is 1. The summed E-state index contributed by atoms with van der Waals surface area (Å²) < 4.78 is 5.63. The molecule has 0 aliphatic carbocycles. The lowest BCUT2D eigenvalue weighted by molar-refractivity contribution is -0.384. The minimum absolute atomic E-state index is 0.0251. The number of nitro benzene ring substituents is 1. The van der Waals surface area contributed by atoms with Crippen LogP contribution in [0.5, 0.6) is 5.75 Å². The first-order chi connectivity index (χ1) is 11.9. The summed E-state index contributed by atoms with van der Waals surface area (Å²) in [5.41, 5.74) is 0.279. The summed E-state index contributed by atoms with van der Waals surface area (Å²) in [5, 5.41) is 15.1. The van der Waals surface area contributed by atoms with Gasteiger partial charge in [0.1, 0.15) is 5.75 Å². The average molecular weight is 364 g/mol. The first-order valence-corrected chi connectivity index (χ1v) is 7.48. The average Bonchev–Trinajstić information content (AvgIpc) is 2.60. The lowest BCUT2D eigenvalue weighted by Gasteiger charge is -2.19. The van der Waals surface area contributed by atoms with Crippen LogP contribution in [0.2, 0.25) is 5.02 Å². The molecular formula is C16H14ClN3O5. The van der Waals surface area contributed by atoms with Crippen LogP contribution in [-0.2, 0) is 4.79 Å². The van der Waals surface area contributed by atoms with E-state index in [1.165, 1.54) is 19.2 Å². The summed E-state index contributed by atoms with van der Waals surface area (Å²) in [4.78, 5) is 33.9. The molecule has 0 bridgehead atoms. The monoisotopic (exact) mass is 363 g/mol. The van der Waals surface area contributed by atoms with Crippen LogP contribution in [0.4, 0.5) is 10.5 Å². The van der Waals surface area contributed by atoms with Gasteiger partial charge in [0, 0.05) is 24.7 Å². The number of nitro groups is 1. The van der Waals surface area contributed by atoms with Crippen molar-refractivity contribution in [3.63, 3.8) is 0 Å². The highest BCUT2D eigenvalue weighted by molar-refractivity contribution is 6.32. The quantitative estimate of drug-likeness (QED) is 0.626. The van der Waals surface area contributed by atoms with Crippen LogP contribution < -0.4 is 15.4 Å². The Morgan fingerprint density at radius 3 is 2.44 bits per heavy atom. The minimum atomic E-state index is -1.17. The molecule has 2 aromatic rings. The van der Waals surface area contributed by atoms with E-state index in [-0.39, 0.29) is 16.5 Å². The topological polar surface area (TPSA) is 111 Å². The van der Waals surface area contributed by atoms with Crippen molar-refractivity contribution in [3.05, 3.63) is 69.2 Å². The minimum Gasteiger partial charge on any atom is -0.474 e. The van der Waals surface area contributed by atoms with E-state index < -0.39 is 23.0 Å². The number of hydrogen-bond acceptors (Lipinski definition) is 5. The van der Waals surface area contributed by atoms with E-state index in [2.05, 4.69) is 10.6 Å². The number of carbonyl (C=O) groups excluding carboxylic acids is 2. The van der Waals surface area contributed by atoms with Crippen molar-refractivity contribution in [1.29, 1.82) is 0 Å². The molecule has 0 heterocycles. The number of ether oxygens (including phenoxy) is 1. The zero-order valence-corrected chi connectivity index (χ0v) is 13.8. The third-order valence-electron chi connectivity index (χ3n) is 3.18. The molecule has 0 aliphatic heterocycles. The molecule has 0 unspecified atom stereocenters. The molecule has 8 nitrogen and oxygen atoms in total. The first kappa shape index (κ1) is 18.2. The van der Waals surface area contributed by atoms with Crippen LogP contribution in [0.3, 0.4) is 0 Å². The number of non-ortho nitro benzene ring substituents is 1. The van der Waals surface area contributed by atoms with Crippen molar-refractivity contribution < 1.29 is 19.2 Å². The summed E-state index contributed by atoms with van der Waals surface area (Å²) in [5.74, 6) is -0.631. The van der Waals surface area contributed by atoms with E-state index >= 15 is 0 Å². The van der Waals surface area contributed by atoms with Crippen LogP contribution in [0, 0.1) is 10.1 Å². The van der Waals surface area contributed by atoms with Crippen molar-refractivity contribution in [3.8, 4) is 5.75 Å². The number of benzene rings is 2. The van der Waals surface area contributed by atoms with E-state index in [9.17, 15) is 19.7 Å². The predicted octanol–water partition coefficient (Wildman–Crippen LogP) is 2.82. The van der Waals surface area contributed by atoms with Gasteiger partial charge in [0.2, 0.25) is 6.10 Å². The Morgan fingerprint density at radius 2 is 1.88 bits per heavy atom. The predicted molar refractivity (Wildman–Crippen MR) is 90.5 cm³/mol. The van der Waals surface area contributed by atoms with Gasteiger partial charge >= 0.3 is 6.03 Å². The zero-order chi connectivity index (χ0) is 18.4. The number of nitrogens with one attached hydrogen (secondary N) is 2. The van der Waals surface area contributed by atoms with Gasteiger partial charge < -0.3 is 10.1 Å². The third-order valence-corrected chi connectivity index (χ3v) is 3.47. The molecule has 2 N–H and O–H groups in total. The van der Waals surface area contributed by atoms with Crippen LogP contribution >= 0.6 is 11.6 Å². The molecule has 130 valence electrons. The van der Waals surface area contributed by atoms with E-state index in [1.54, 1.807) is 30.3 Å². The van der Waals surface area contributed by atoms with Crippen molar-refractivity contribution in [1.82, 2.24) is 10.6 Å². The Morgan fingerprint density at radius 1 is 1.20 bits per heavy atom. The second kappa shape index (κ2) is 8.11. The summed E-state index contributed by atoms with van der Waals surface area (Å²) in [6.07, 6.45) is -1.17. The van der Waals surface area contributed by atoms with Crippen molar-refractivity contribution in [2.75, 3.05) is 7.05 Å². The van der Waals surface area contributed by atoms with Crippen LogP contribution in [0.25, 0.3) is 0 Å².